The molecule has 31 heavy (non-hydrogen) atoms. The van der Waals surface area contributed by atoms with Crippen molar-refractivity contribution in [1.82, 2.24) is 10.5 Å². The molecule has 0 bridgehead atoms. The van der Waals surface area contributed by atoms with Gasteiger partial charge in [0.1, 0.15) is 22.8 Å². The Kier molecular flexibility index (Phi) is 8.17. The maximum absolute atomic E-state index is 14.3. The first-order valence-corrected chi connectivity index (χ1v) is 10.3. The number of halogens is 2. The van der Waals surface area contributed by atoms with Crippen LogP contribution in [0.15, 0.2) is 47.0 Å². The maximum Gasteiger partial charge on any atom is 0.257 e. The van der Waals surface area contributed by atoms with Crippen LogP contribution in [0.5, 0.6) is 0 Å². The van der Waals surface area contributed by atoms with Crippen LogP contribution in [0.3, 0.4) is 0 Å². The normalized spacial score (nSPS) is 11.0. The van der Waals surface area contributed by atoms with Gasteiger partial charge in [0.15, 0.2) is 0 Å². The van der Waals surface area contributed by atoms with E-state index in [2.05, 4.69) is 10.5 Å². The van der Waals surface area contributed by atoms with Gasteiger partial charge in [-0.05, 0) is 37.1 Å². The van der Waals surface area contributed by atoms with E-state index in [4.69, 9.17) is 25.6 Å². The minimum absolute atomic E-state index is 0.0392. The summed E-state index contributed by atoms with van der Waals surface area (Å²) in [5.41, 5.74) is 2.16. The number of hydrogen-bond donors (Lipinski definition) is 1. The van der Waals surface area contributed by atoms with Crippen molar-refractivity contribution in [3.05, 3.63) is 75.8 Å². The second-order valence-electron chi connectivity index (χ2n) is 6.81. The molecule has 0 saturated heterocycles. The molecule has 0 atom stereocenters. The lowest BCUT2D eigenvalue weighted by Crippen LogP contribution is -2.23. The van der Waals surface area contributed by atoms with Crippen LogP contribution in [0.4, 0.5) is 4.39 Å². The predicted molar refractivity (Wildman–Crippen MR) is 115 cm³/mol. The minimum atomic E-state index is -0.577. The summed E-state index contributed by atoms with van der Waals surface area (Å²) >= 11 is 6.14. The van der Waals surface area contributed by atoms with E-state index in [0.29, 0.717) is 26.4 Å². The summed E-state index contributed by atoms with van der Waals surface area (Å²) in [4.78, 5) is 12.9. The van der Waals surface area contributed by atoms with Gasteiger partial charge in [-0.25, -0.2) is 4.39 Å². The second kappa shape index (κ2) is 11.0. The topological polar surface area (TPSA) is 73.6 Å². The van der Waals surface area contributed by atoms with Crippen molar-refractivity contribution in [3.63, 3.8) is 0 Å². The Bertz CT molecular complexity index is 1020. The SMILES string of the molecule is CCOCCOCc1cccc(CNC(=O)c2c(-c3c(F)cccc3Cl)noc2C)c1. The first-order valence-electron chi connectivity index (χ1n) is 9.93. The van der Waals surface area contributed by atoms with Crippen molar-refractivity contribution >= 4 is 17.5 Å². The maximum atomic E-state index is 14.3. The number of hydrogen-bond acceptors (Lipinski definition) is 5. The lowest BCUT2D eigenvalue weighted by atomic mass is 10.0. The standard InChI is InChI=1S/C23H24ClFN2O4/c1-3-29-10-11-30-14-17-7-4-6-16(12-17)13-26-23(28)20-15(2)31-27-22(20)21-18(24)8-5-9-19(21)25/h4-9,12H,3,10-11,13-14H2,1-2H3,(H,26,28). The Hall–Kier alpha value is -2.74. The van der Waals surface area contributed by atoms with Gasteiger partial charge >= 0.3 is 0 Å². The molecule has 0 spiro atoms. The molecule has 0 aliphatic heterocycles. The first kappa shape index (κ1) is 22.9. The number of amides is 1. The van der Waals surface area contributed by atoms with Gasteiger partial charge in [0.25, 0.3) is 5.91 Å². The Morgan fingerprint density at radius 1 is 1.16 bits per heavy atom. The molecule has 0 unspecified atom stereocenters. The molecule has 1 N–H and O–H groups in total. The zero-order valence-electron chi connectivity index (χ0n) is 17.4. The Balaban J connectivity index is 1.67. The molecule has 3 rings (SSSR count). The highest BCUT2D eigenvalue weighted by molar-refractivity contribution is 6.33. The third-order valence-electron chi connectivity index (χ3n) is 4.58. The number of aryl methyl sites for hydroxylation is 1. The first-order chi connectivity index (χ1) is 15.0. The van der Waals surface area contributed by atoms with Crippen molar-refractivity contribution < 1.29 is 23.2 Å². The van der Waals surface area contributed by atoms with E-state index in [1.165, 1.54) is 18.2 Å². The van der Waals surface area contributed by atoms with Gasteiger partial charge in [-0.3, -0.25) is 4.79 Å². The molecule has 1 aromatic heterocycles. The van der Waals surface area contributed by atoms with E-state index >= 15 is 0 Å². The van der Waals surface area contributed by atoms with Gasteiger partial charge in [-0.1, -0.05) is 47.1 Å². The van der Waals surface area contributed by atoms with Gasteiger partial charge < -0.3 is 19.3 Å². The lowest BCUT2D eigenvalue weighted by molar-refractivity contribution is 0.0453. The zero-order chi connectivity index (χ0) is 22.2. The highest BCUT2D eigenvalue weighted by Gasteiger charge is 2.25. The van der Waals surface area contributed by atoms with E-state index in [9.17, 15) is 9.18 Å². The molecule has 0 saturated carbocycles. The fourth-order valence-electron chi connectivity index (χ4n) is 3.09. The Labute approximate surface area is 185 Å². The van der Waals surface area contributed by atoms with Gasteiger partial charge in [0, 0.05) is 13.2 Å². The molecule has 8 heteroatoms. The summed E-state index contributed by atoms with van der Waals surface area (Å²) < 4.78 is 30.3. The van der Waals surface area contributed by atoms with Gasteiger partial charge in [-0.15, -0.1) is 0 Å². The Morgan fingerprint density at radius 3 is 2.68 bits per heavy atom. The fourth-order valence-corrected chi connectivity index (χ4v) is 3.34. The van der Waals surface area contributed by atoms with Gasteiger partial charge in [0.2, 0.25) is 0 Å². The van der Waals surface area contributed by atoms with E-state index in [1.807, 2.05) is 31.2 Å². The summed E-state index contributed by atoms with van der Waals surface area (Å²) in [6.07, 6.45) is 0. The van der Waals surface area contributed by atoms with Crippen LogP contribution >= 0.6 is 11.6 Å². The van der Waals surface area contributed by atoms with Crippen LogP contribution in [0.1, 0.15) is 34.2 Å². The molecule has 6 nitrogen and oxygen atoms in total. The third-order valence-corrected chi connectivity index (χ3v) is 4.89. The van der Waals surface area contributed by atoms with Crippen molar-refractivity contribution in [2.24, 2.45) is 0 Å². The van der Waals surface area contributed by atoms with E-state index in [-0.39, 0.29) is 34.1 Å². The summed E-state index contributed by atoms with van der Waals surface area (Å²) in [7, 11) is 0. The van der Waals surface area contributed by atoms with Crippen molar-refractivity contribution in [2.45, 2.75) is 27.0 Å². The predicted octanol–water partition coefficient (Wildman–Crippen LogP) is 4.93. The molecule has 3 aromatic rings. The van der Waals surface area contributed by atoms with E-state index in [0.717, 1.165) is 11.1 Å². The molecule has 1 amide bonds. The smallest absolute Gasteiger partial charge is 0.257 e. The van der Waals surface area contributed by atoms with E-state index in [1.54, 1.807) is 6.92 Å². The molecular weight excluding hydrogens is 423 g/mol. The number of nitrogens with zero attached hydrogens (tertiary/aromatic N) is 1. The minimum Gasteiger partial charge on any atom is -0.379 e. The monoisotopic (exact) mass is 446 g/mol. The zero-order valence-corrected chi connectivity index (χ0v) is 18.2. The summed E-state index contributed by atoms with van der Waals surface area (Å²) in [5.74, 6) is -0.721. The van der Waals surface area contributed by atoms with Crippen molar-refractivity contribution in [1.29, 1.82) is 0 Å². The largest absolute Gasteiger partial charge is 0.379 e. The molecule has 0 fully saturated rings. The molecule has 2 aromatic carbocycles. The number of aromatic nitrogens is 1. The number of rotatable bonds is 10. The lowest BCUT2D eigenvalue weighted by Gasteiger charge is -2.09. The van der Waals surface area contributed by atoms with Crippen LogP contribution < -0.4 is 5.32 Å². The molecule has 0 aliphatic rings. The van der Waals surface area contributed by atoms with Crippen LogP contribution in [-0.4, -0.2) is 30.9 Å². The molecule has 164 valence electrons. The number of benzene rings is 2. The molecule has 0 aliphatic carbocycles. The van der Waals surface area contributed by atoms with Crippen LogP contribution in [0, 0.1) is 12.7 Å². The number of nitrogens with one attached hydrogen (secondary N) is 1. The van der Waals surface area contributed by atoms with Crippen LogP contribution in [0.25, 0.3) is 11.3 Å². The number of carbonyl (C=O) groups excluding carboxylic acids is 1. The number of ether oxygens (including phenoxy) is 2. The summed E-state index contributed by atoms with van der Waals surface area (Å²) in [5, 5.41) is 6.86. The van der Waals surface area contributed by atoms with Gasteiger partial charge in [-0.2, -0.15) is 0 Å². The molecule has 0 radical (unpaired) electrons. The quantitative estimate of drug-likeness (QED) is 0.447. The highest BCUT2D eigenvalue weighted by Crippen LogP contribution is 2.33. The van der Waals surface area contributed by atoms with Crippen molar-refractivity contribution in [2.75, 3.05) is 19.8 Å². The van der Waals surface area contributed by atoms with E-state index < -0.39 is 11.7 Å². The second-order valence-corrected chi connectivity index (χ2v) is 7.22. The molecule has 1 heterocycles. The third kappa shape index (κ3) is 5.91. The number of carbonyl (C=O) groups is 1. The summed E-state index contributed by atoms with van der Waals surface area (Å²) in [6.45, 7) is 6.00. The van der Waals surface area contributed by atoms with Gasteiger partial charge in [0.05, 0.1) is 30.4 Å². The summed E-state index contributed by atoms with van der Waals surface area (Å²) in [6, 6.07) is 12.0. The average Bonchev–Trinajstić information content (AvgIpc) is 3.13. The van der Waals surface area contributed by atoms with Crippen LogP contribution in [-0.2, 0) is 22.6 Å². The highest BCUT2D eigenvalue weighted by atomic mass is 35.5. The Morgan fingerprint density at radius 2 is 1.90 bits per heavy atom. The molecular formula is C23H24ClFN2O4. The average molecular weight is 447 g/mol. The van der Waals surface area contributed by atoms with Crippen molar-refractivity contribution in [3.8, 4) is 11.3 Å². The van der Waals surface area contributed by atoms with Crippen LogP contribution in [0.2, 0.25) is 5.02 Å². The fraction of sp³-hybridized carbons (Fsp3) is 0.304.